The zero-order valence-electron chi connectivity index (χ0n) is 17.3. The summed E-state index contributed by atoms with van der Waals surface area (Å²) < 4.78 is 78.0. The Morgan fingerprint density at radius 1 is 1.33 bits per heavy atom. The van der Waals surface area contributed by atoms with E-state index in [1.165, 1.54) is 17.9 Å². The molecule has 0 radical (unpaired) electrons. The van der Waals surface area contributed by atoms with E-state index < -0.39 is 54.4 Å². The van der Waals surface area contributed by atoms with E-state index in [9.17, 15) is 31.5 Å². The molecule has 0 saturated carbocycles. The minimum absolute atomic E-state index is 0.0342. The van der Waals surface area contributed by atoms with Gasteiger partial charge in [-0.15, -0.1) is 10.2 Å². The first-order chi connectivity index (χ1) is 15.6. The van der Waals surface area contributed by atoms with Crippen LogP contribution in [0, 0.1) is 5.82 Å². The highest BCUT2D eigenvalue weighted by atomic mass is 19.3. The molecule has 2 aliphatic rings. The van der Waals surface area contributed by atoms with Gasteiger partial charge in [0.2, 0.25) is 5.89 Å². The van der Waals surface area contributed by atoms with Crippen molar-refractivity contribution in [3.05, 3.63) is 35.0 Å². The third-order valence-electron chi connectivity index (χ3n) is 5.71. The van der Waals surface area contributed by atoms with Crippen LogP contribution in [0.5, 0.6) is 0 Å². The lowest BCUT2D eigenvalue weighted by Gasteiger charge is -2.38. The molecule has 2 amide bonds. The number of amides is 2. The maximum atomic E-state index is 14.8. The monoisotopic (exact) mass is 474 g/mol. The molecule has 0 bridgehead atoms. The molecule has 0 unspecified atom stereocenters. The summed E-state index contributed by atoms with van der Waals surface area (Å²) in [4.78, 5) is 26.3. The predicted octanol–water partition coefficient (Wildman–Crippen LogP) is 3.09. The lowest BCUT2D eigenvalue weighted by molar-refractivity contribution is -0.148. The van der Waals surface area contributed by atoms with Crippen molar-refractivity contribution >= 4 is 11.8 Å². The molecule has 4 rings (SSSR count). The highest BCUT2D eigenvalue weighted by Crippen LogP contribution is 2.34. The SMILES string of the molecule is CCC(F)(F)C(=O)N[C@@H]1CCOC[C@H]1N1Cc2c(F)cc(-c3nnc(C(F)F)o3)cc2C1=O. The Bertz CT molecular complexity index is 1080. The van der Waals surface area contributed by atoms with E-state index in [-0.39, 0.29) is 48.8 Å². The minimum Gasteiger partial charge on any atom is -0.415 e. The van der Waals surface area contributed by atoms with Gasteiger partial charge < -0.3 is 19.4 Å². The lowest BCUT2D eigenvalue weighted by Crippen LogP contribution is -2.58. The summed E-state index contributed by atoms with van der Waals surface area (Å²) in [5.74, 6) is -7.78. The summed E-state index contributed by atoms with van der Waals surface area (Å²) in [5.41, 5.74) is -0.0867. The fourth-order valence-electron chi connectivity index (χ4n) is 3.85. The molecule has 0 spiro atoms. The van der Waals surface area contributed by atoms with E-state index in [0.717, 1.165) is 6.07 Å². The van der Waals surface area contributed by atoms with Crippen molar-refractivity contribution in [3.63, 3.8) is 0 Å². The van der Waals surface area contributed by atoms with Gasteiger partial charge in [-0.2, -0.15) is 17.6 Å². The molecule has 33 heavy (non-hydrogen) atoms. The molecule has 178 valence electrons. The number of carbonyl (C=O) groups is 2. The summed E-state index contributed by atoms with van der Waals surface area (Å²) in [7, 11) is 0. The highest BCUT2D eigenvalue weighted by molar-refractivity contribution is 5.99. The van der Waals surface area contributed by atoms with Crippen LogP contribution in [0.2, 0.25) is 0 Å². The number of ether oxygens (including phenoxy) is 1. The fourth-order valence-corrected chi connectivity index (χ4v) is 3.85. The molecule has 1 N–H and O–H groups in total. The van der Waals surface area contributed by atoms with Crippen molar-refractivity contribution in [1.82, 2.24) is 20.4 Å². The van der Waals surface area contributed by atoms with Gasteiger partial charge in [-0.05, 0) is 18.6 Å². The van der Waals surface area contributed by atoms with Crippen molar-refractivity contribution in [2.75, 3.05) is 13.2 Å². The molecule has 1 fully saturated rings. The average molecular weight is 474 g/mol. The summed E-state index contributed by atoms with van der Waals surface area (Å²) >= 11 is 0. The minimum atomic E-state index is -3.57. The zero-order valence-corrected chi connectivity index (χ0v) is 17.3. The first kappa shape index (κ1) is 23.1. The number of carbonyl (C=O) groups excluding carboxylic acids is 2. The summed E-state index contributed by atoms with van der Waals surface area (Å²) in [6.07, 6.45) is -3.51. The molecule has 2 aromatic rings. The first-order valence-electron chi connectivity index (χ1n) is 10.1. The summed E-state index contributed by atoms with van der Waals surface area (Å²) in [6, 6.07) is 0.587. The standard InChI is InChI=1S/C20H19F5N4O4/c1-2-20(24,25)19(31)26-13-3-4-32-8-14(13)29-7-11-10(18(29)30)5-9(6-12(11)21)16-27-28-17(33-16)15(22)23/h5-6,13-15H,2-4,7-8H2,1H3,(H,26,31)/t13-,14-/m1/s1. The van der Waals surface area contributed by atoms with Crippen LogP contribution in [-0.2, 0) is 16.1 Å². The Hall–Kier alpha value is -3.09. The number of benzene rings is 1. The molecule has 13 heteroatoms. The second kappa shape index (κ2) is 8.69. The van der Waals surface area contributed by atoms with Crippen molar-refractivity contribution in [1.29, 1.82) is 0 Å². The molecule has 0 aliphatic carbocycles. The quantitative estimate of drug-likeness (QED) is 0.647. The lowest BCUT2D eigenvalue weighted by atomic mass is 10.0. The number of nitrogens with zero attached hydrogens (tertiary/aromatic N) is 3. The second-order valence-corrected chi connectivity index (χ2v) is 7.73. The van der Waals surface area contributed by atoms with E-state index in [2.05, 4.69) is 15.5 Å². The van der Waals surface area contributed by atoms with Crippen LogP contribution in [0.4, 0.5) is 22.0 Å². The van der Waals surface area contributed by atoms with Crippen LogP contribution in [0.25, 0.3) is 11.5 Å². The van der Waals surface area contributed by atoms with E-state index in [1.807, 2.05) is 0 Å². The average Bonchev–Trinajstić information content (AvgIpc) is 3.40. The van der Waals surface area contributed by atoms with Crippen LogP contribution in [0.1, 0.15) is 48.0 Å². The van der Waals surface area contributed by atoms with Crippen LogP contribution in [0.15, 0.2) is 16.5 Å². The Labute approximate surface area is 184 Å². The van der Waals surface area contributed by atoms with Crippen LogP contribution >= 0.6 is 0 Å². The Morgan fingerprint density at radius 2 is 2.09 bits per heavy atom. The fraction of sp³-hybridized carbons (Fsp3) is 0.500. The van der Waals surface area contributed by atoms with Gasteiger partial charge in [0.05, 0.1) is 25.2 Å². The van der Waals surface area contributed by atoms with Gasteiger partial charge in [0.25, 0.3) is 17.7 Å². The van der Waals surface area contributed by atoms with Crippen LogP contribution in [0.3, 0.4) is 0 Å². The van der Waals surface area contributed by atoms with E-state index >= 15 is 0 Å². The van der Waals surface area contributed by atoms with Gasteiger partial charge in [0.1, 0.15) is 5.82 Å². The van der Waals surface area contributed by atoms with Crippen molar-refractivity contribution in [3.8, 4) is 11.5 Å². The molecule has 1 aromatic carbocycles. The van der Waals surface area contributed by atoms with Crippen molar-refractivity contribution in [2.45, 2.75) is 50.7 Å². The number of aromatic nitrogens is 2. The van der Waals surface area contributed by atoms with Gasteiger partial charge >= 0.3 is 12.3 Å². The number of nitrogens with one attached hydrogen (secondary N) is 1. The van der Waals surface area contributed by atoms with E-state index in [4.69, 9.17) is 9.15 Å². The summed E-state index contributed by atoms with van der Waals surface area (Å²) in [6.45, 7) is 1.14. The third kappa shape index (κ3) is 4.28. The molecule has 1 aromatic heterocycles. The van der Waals surface area contributed by atoms with Gasteiger partial charge in [-0.25, -0.2) is 4.39 Å². The maximum Gasteiger partial charge on any atom is 0.324 e. The Kier molecular flexibility index (Phi) is 6.08. The molecule has 2 atom stereocenters. The van der Waals surface area contributed by atoms with Crippen LogP contribution in [-0.4, -0.2) is 58.1 Å². The normalized spacial score (nSPS) is 20.9. The third-order valence-corrected chi connectivity index (χ3v) is 5.71. The smallest absolute Gasteiger partial charge is 0.324 e. The van der Waals surface area contributed by atoms with Crippen molar-refractivity contribution < 1.29 is 40.7 Å². The van der Waals surface area contributed by atoms with Gasteiger partial charge in [0, 0.05) is 29.7 Å². The van der Waals surface area contributed by atoms with Crippen LogP contribution < -0.4 is 5.32 Å². The molecular formula is C20H19F5N4O4. The zero-order chi connectivity index (χ0) is 23.9. The van der Waals surface area contributed by atoms with E-state index in [1.54, 1.807) is 0 Å². The first-order valence-corrected chi connectivity index (χ1v) is 10.1. The summed E-state index contributed by atoms with van der Waals surface area (Å²) in [5, 5.41) is 8.93. The molecule has 8 nitrogen and oxygen atoms in total. The second-order valence-electron chi connectivity index (χ2n) is 7.73. The molecule has 1 saturated heterocycles. The number of hydrogen-bond donors (Lipinski definition) is 1. The van der Waals surface area contributed by atoms with Gasteiger partial charge in [0.15, 0.2) is 0 Å². The number of rotatable bonds is 6. The number of halogens is 5. The van der Waals surface area contributed by atoms with Gasteiger partial charge in [-0.1, -0.05) is 6.92 Å². The number of hydrogen-bond acceptors (Lipinski definition) is 6. The molecule has 2 aliphatic heterocycles. The largest absolute Gasteiger partial charge is 0.415 e. The van der Waals surface area contributed by atoms with Crippen molar-refractivity contribution in [2.24, 2.45) is 0 Å². The van der Waals surface area contributed by atoms with Gasteiger partial charge in [-0.3, -0.25) is 9.59 Å². The topological polar surface area (TPSA) is 97.6 Å². The Balaban J connectivity index is 1.59. The molecular weight excluding hydrogens is 455 g/mol. The highest BCUT2D eigenvalue weighted by Gasteiger charge is 2.44. The maximum absolute atomic E-state index is 14.8. The molecule has 3 heterocycles. The van der Waals surface area contributed by atoms with E-state index in [0.29, 0.717) is 0 Å². The predicted molar refractivity (Wildman–Crippen MR) is 101 cm³/mol. The Morgan fingerprint density at radius 3 is 2.76 bits per heavy atom. The number of alkyl halides is 4. The number of fused-ring (bicyclic) bond motifs is 1.